The first-order valence-electron chi connectivity index (χ1n) is 5.75. The molecule has 0 bridgehead atoms. The Morgan fingerprint density at radius 1 is 1.58 bits per heavy atom. The lowest BCUT2D eigenvalue weighted by Crippen LogP contribution is -2.38. The molecule has 0 saturated heterocycles. The minimum absolute atomic E-state index is 0.131. The number of carbonyl (C=O) groups excluding carboxylic acids is 1. The van der Waals surface area contributed by atoms with Crippen LogP contribution in [-0.4, -0.2) is 41.8 Å². The fourth-order valence-corrected chi connectivity index (χ4v) is 1.28. The van der Waals surface area contributed by atoms with Gasteiger partial charge in [-0.1, -0.05) is 0 Å². The average Bonchev–Trinajstić information content (AvgIpc) is 2.75. The number of ether oxygens (including phenoxy) is 1. The maximum Gasteiger partial charge on any atom is 0.329 e. The van der Waals surface area contributed by atoms with Crippen LogP contribution in [0.1, 0.15) is 24.6 Å². The summed E-state index contributed by atoms with van der Waals surface area (Å²) in [5, 5.41) is 13.5. The fourth-order valence-electron chi connectivity index (χ4n) is 1.28. The number of hydrogen-bond acceptors (Lipinski definition) is 5. The van der Waals surface area contributed by atoms with E-state index in [1.165, 1.54) is 0 Å². The average molecular weight is 271 g/mol. The van der Waals surface area contributed by atoms with E-state index >= 15 is 0 Å². The Hall–Kier alpha value is -2.09. The Morgan fingerprint density at radius 3 is 2.89 bits per heavy atom. The second kappa shape index (κ2) is 7.37. The third-order valence-corrected chi connectivity index (χ3v) is 2.11. The van der Waals surface area contributed by atoms with E-state index in [1.807, 2.05) is 0 Å². The van der Waals surface area contributed by atoms with Crippen molar-refractivity contribution >= 4 is 12.0 Å². The minimum Gasteiger partial charge on any atom is -0.480 e. The van der Waals surface area contributed by atoms with Crippen molar-refractivity contribution in [3.05, 3.63) is 17.8 Å². The molecule has 1 aromatic rings. The summed E-state index contributed by atoms with van der Waals surface area (Å²) < 4.78 is 10.0. The first-order chi connectivity index (χ1) is 8.99. The van der Waals surface area contributed by atoms with Crippen molar-refractivity contribution in [3.63, 3.8) is 0 Å². The highest BCUT2D eigenvalue weighted by atomic mass is 16.5. The summed E-state index contributed by atoms with van der Waals surface area (Å²) in [4.78, 5) is 25.6. The highest BCUT2D eigenvalue weighted by Crippen LogP contribution is 2.11. The maximum atomic E-state index is 11.5. The molecule has 0 aliphatic heterocycles. The molecule has 1 rings (SSSR count). The van der Waals surface area contributed by atoms with Crippen molar-refractivity contribution < 1.29 is 23.8 Å². The van der Waals surface area contributed by atoms with Gasteiger partial charge in [0.1, 0.15) is 18.4 Å². The monoisotopic (exact) mass is 271 g/mol. The molecule has 19 heavy (non-hydrogen) atoms. The Bertz CT molecular complexity index is 432. The van der Waals surface area contributed by atoms with Gasteiger partial charge in [-0.25, -0.2) is 14.6 Å². The second-order valence-electron chi connectivity index (χ2n) is 3.88. The summed E-state index contributed by atoms with van der Waals surface area (Å²) in [5.74, 6) is 0.0539. The number of carbonyl (C=O) groups is 2. The van der Waals surface area contributed by atoms with Gasteiger partial charge in [-0.2, -0.15) is 0 Å². The smallest absolute Gasteiger partial charge is 0.329 e. The lowest BCUT2D eigenvalue weighted by molar-refractivity contribution is -0.142. The summed E-state index contributed by atoms with van der Waals surface area (Å²) in [5.41, 5.74) is 0. The fraction of sp³-hybridized carbons (Fsp3) is 0.545. The number of aryl methyl sites for hydroxylation is 1. The molecule has 0 fully saturated rings. The van der Waals surface area contributed by atoms with Crippen LogP contribution in [0.15, 0.2) is 10.6 Å². The number of rotatable bonds is 7. The van der Waals surface area contributed by atoms with Crippen molar-refractivity contribution in [1.82, 2.24) is 15.6 Å². The topological polar surface area (TPSA) is 114 Å². The van der Waals surface area contributed by atoms with Crippen LogP contribution in [0.25, 0.3) is 0 Å². The SMILES string of the molecule is Cc1cnc(C(C)NC(=O)NCCOCC(=O)O)o1. The van der Waals surface area contributed by atoms with Crippen LogP contribution in [0.3, 0.4) is 0 Å². The number of nitrogens with one attached hydrogen (secondary N) is 2. The minimum atomic E-state index is -1.04. The van der Waals surface area contributed by atoms with E-state index in [9.17, 15) is 9.59 Å². The van der Waals surface area contributed by atoms with Crippen molar-refractivity contribution in [2.24, 2.45) is 0 Å². The molecule has 3 N–H and O–H groups in total. The van der Waals surface area contributed by atoms with Gasteiger partial charge in [0.05, 0.1) is 12.8 Å². The van der Waals surface area contributed by atoms with Crippen LogP contribution < -0.4 is 10.6 Å². The Kier molecular flexibility index (Phi) is 5.80. The van der Waals surface area contributed by atoms with E-state index in [4.69, 9.17) is 14.3 Å². The third-order valence-electron chi connectivity index (χ3n) is 2.11. The van der Waals surface area contributed by atoms with Gasteiger partial charge >= 0.3 is 12.0 Å². The van der Waals surface area contributed by atoms with Gasteiger partial charge in [0.2, 0.25) is 5.89 Å². The molecule has 0 aromatic carbocycles. The Morgan fingerprint density at radius 2 is 2.32 bits per heavy atom. The number of aliphatic carboxylic acids is 1. The first kappa shape index (κ1) is 15.0. The first-order valence-corrected chi connectivity index (χ1v) is 5.75. The van der Waals surface area contributed by atoms with E-state index in [0.29, 0.717) is 11.7 Å². The summed E-state index contributed by atoms with van der Waals surface area (Å²) >= 11 is 0. The van der Waals surface area contributed by atoms with E-state index < -0.39 is 12.0 Å². The van der Waals surface area contributed by atoms with Crippen molar-refractivity contribution in [3.8, 4) is 0 Å². The zero-order chi connectivity index (χ0) is 14.3. The van der Waals surface area contributed by atoms with Gasteiger partial charge in [0.15, 0.2) is 0 Å². The predicted molar refractivity (Wildman–Crippen MR) is 64.6 cm³/mol. The maximum absolute atomic E-state index is 11.5. The number of aromatic nitrogens is 1. The van der Waals surface area contributed by atoms with E-state index in [-0.39, 0.29) is 25.8 Å². The van der Waals surface area contributed by atoms with E-state index in [0.717, 1.165) is 0 Å². The molecule has 0 aliphatic carbocycles. The number of carboxylic acid groups (broad SMARTS) is 1. The molecule has 1 unspecified atom stereocenters. The highest BCUT2D eigenvalue weighted by Gasteiger charge is 2.13. The van der Waals surface area contributed by atoms with E-state index in [2.05, 4.69) is 15.6 Å². The number of hydrogen-bond donors (Lipinski definition) is 3. The molecule has 106 valence electrons. The van der Waals surface area contributed by atoms with Crippen LogP contribution in [0.4, 0.5) is 4.79 Å². The molecular formula is C11H17N3O5. The molecule has 0 radical (unpaired) electrons. The molecule has 2 amide bonds. The molecule has 0 saturated carbocycles. The molecule has 8 nitrogen and oxygen atoms in total. The molecular weight excluding hydrogens is 254 g/mol. The number of carboxylic acids is 1. The van der Waals surface area contributed by atoms with Gasteiger partial charge in [0, 0.05) is 6.54 Å². The lowest BCUT2D eigenvalue weighted by Gasteiger charge is -2.11. The molecule has 1 atom stereocenters. The third kappa shape index (κ3) is 5.87. The van der Waals surface area contributed by atoms with Crippen LogP contribution in [0.5, 0.6) is 0 Å². The van der Waals surface area contributed by atoms with Gasteiger partial charge < -0.3 is 24.9 Å². The number of oxazole rings is 1. The standard InChI is InChI=1S/C11H17N3O5/c1-7-5-13-10(19-7)8(2)14-11(17)12-3-4-18-6-9(15)16/h5,8H,3-4,6H2,1-2H3,(H,15,16)(H2,12,14,17). The lowest BCUT2D eigenvalue weighted by atomic mass is 10.3. The number of nitrogens with zero attached hydrogens (tertiary/aromatic N) is 1. The van der Waals surface area contributed by atoms with Crippen LogP contribution >= 0.6 is 0 Å². The van der Waals surface area contributed by atoms with Gasteiger partial charge in [0.25, 0.3) is 0 Å². The quantitative estimate of drug-likeness (QED) is 0.620. The Balaban J connectivity index is 2.18. The van der Waals surface area contributed by atoms with Gasteiger partial charge in [-0.3, -0.25) is 0 Å². The van der Waals surface area contributed by atoms with E-state index in [1.54, 1.807) is 20.0 Å². The molecule has 8 heteroatoms. The second-order valence-corrected chi connectivity index (χ2v) is 3.88. The van der Waals surface area contributed by atoms with Crippen molar-refractivity contribution in [2.45, 2.75) is 19.9 Å². The molecule has 0 aliphatic rings. The summed E-state index contributed by atoms with van der Waals surface area (Å²) in [6, 6.07) is -0.754. The van der Waals surface area contributed by atoms with Crippen LogP contribution in [0.2, 0.25) is 0 Å². The zero-order valence-corrected chi connectivity index (χ0v) is 10.8. The summed E-state index contributed by atoms with van der Waals surface area (Å²) in [7, 11) is 0. The number of amides is 2. The van der Waals surface area contributed by atoms with Crippen molar-refractivity contribution in [1.29, 1.82) is 0 Å². The Labute approximate surface area is 110 Å². The van der Waals surface area contributed by atoms with Crippen molar-refractivity contribution in [2.75, 3.05) is 19.8 Å². The van der Waals surface area contributed by atoms with Gasteiger partial charge in [-0.15, -0.1) is 0 Å². The molecule has 1 heterocycles. The molecule has 0 spiro atoms. The predicted octanol–water partition coefficient (Wildman–Crippen LogP) is 0.444. The summed E-state index contributed by atoms with van der Waals surface area (Å²) in [6.07, 6.45) is 1.57. The van der Waals surface area contributed by atoms with Crippen LogP contribution in [-0.2, 0) is 9.53 Å². The van der Waals surface area contributed by atoms with Crippen LogP contribution in [0, 0.1) is 6.92 Å². The number of urea groups is 1. The van der Waals surface area contributed by atoms with Gasteiger partial charge in [-0.05, 0) is 13.8 Å². The molecule has 1 aromatic heterocycles. The highest BCUT2D eigenvalue weighted by molar-refractivity contribution is 5.74. The summed E-state index contributed by atoms with van der Waals surface area (Å²) in [6.45, 7) is 3.48. The zero-order valence-electron chi connectivity index (χ0n) is 10.8. The normalized spacial score (nSPS) is 11.9. The largest absolute Gasteiger partial charge is 0.480 e.